The van der Waals surface area contributed by atoms with Crippen LogP contribution < -0.4 is 0 Å². The van der Waals surface area contributed by atoms with E-state index >= 15 is 0 Å². The summed E-state index contributed by atoms with van der Waals surface area (Å²) in [5.41, 5.74) is 0. The minimum absolute atomic E-state index is 0.895. The lowest BCUT2D eigenvalue weighted by Crippen LogP contribution is -2.55. The number of halogens is 1. The van der Waals surface area contributed by atoms with Crippen LogP contribution in [0.15, 0.2) is 0 Å². The van der Waals surface area contributed by atoms with E-state index in [-0.39, 0.29) is 0 Å². The molecule has 12 heavy (non-hydrogen) atoms. The molecule has 0 N–H and O–H groups in total. The van der Waals surface area contributed by atoms with Gasteiger partial charge in [0.1, 0.15) is 6.21 Å². The van der Waals surface area contributed by atoms with Gasteiger partial charge in [-0.05, 0) is 0 Å². The van der Waals surface area contributed by atoms with Crippen molar-refractivity contribution < 1.29 is 0 Å². The molecule has 0 heterocycles. The molecule has 0 aliphatic rings. The van der Waals surface area contributed by atoms with Crippen molar-refractivity contribution in [1.82, 2.24) is 0 Å². The van der Waals surface area contributed by atoms with Gasteiger partial charge in [-0.2, -0.15) is 0 Å². The summed E-state index contributed by atoms with van der Waals surface area (Å²) in [7, 11) is -0.895. The van der Waals surface area contributed by atoms with Crippen LogP contribution in [-0.4, -0.2) is 13.8 Å². The van der Waals surface area contributed by atoms with Gasteiger partial charge in [0.05, 0.1) is 7.59 Å². The van der Waals surface area contributed by atoms with Gasteiger partial charge in [0.15, 0.2) is 0 Å². The number of hydrogen-bond donors (Lipinski definition) is 0. The second-order valence-electron chi connectivity index (χ2n) is 3.94. The van der Waals surface area contributed by atoms with Crippen molar-refractivity contribution in [2.45, 2.75) is 58.4 Å². The lowest BCUT2D eigenvalue weighted by Gasteiger charge is -2.39. The second-order valence-corrected chi connectivity index (χ2v) is 25.1. The Hall–Kier alpha value is 0.914. The molecule has 0 saturated heterocycles. The molecule has 0 bridgehead atoms. The van der Waals surface area contributed by atoms with Crippen molar-refractivity contribution in [3.8, 4) is 0 Å². The molecule has 0 saturated carbocycles. The van der Waals surface area contributed by atoms with E-state index in [0.29, 0.717) is 0 Å². The summed E-state index contributed by atoms with van der Waals surface area (Å²) in [4.78, 5) is 0. The maximum atomic E-state index is 4.13. The zero-order chi connectivity index (χ0) is 9.83. The predicted molar refractivity (Wildman–Crippen MR) is 68.2 cm³/mol. The number of hydrogen-bond acceptors (Lipinski definition) is 0. The molecule has 0 unspecified atom stereocenters. The van der Waals surface area contributed by atoms with Crippen LogP contribution in [0.5, 0.6) is 0 Å². The first kappa shape index (κ1) is 12.9. The Kier molecular flexibility index (Phi) is 5.34. The van der Waals surface area contributed by atoms with Gasteiger partial charge in [-0.25, -0.2) is 0 Å². The van der Waals surface area contributed by atoms with E-state index in [9.17, 15) is 0 Å². The van der Waals surface area contributed by atoms with Crippen molar-refractivity contribution in [3.05, 3.63) is 0 Å². The van der Waals surface area contributed by atoms with E-state index in [1.54, 1.807) is 0 Å². The van der Waals surface area contributed by atoms with Gasteiger partial charge in [0.2, 0.25) is 0 Å². The Balaban J connectivity index is 4.66. The zero-order valence-electron chi connectivity index (χ0n) is 9.21. The van der Waals surface area contributed by atoms with Crippen LogP contribution in [0.4, 0.5) is 0 Å². The fourth-order valence-electron chi connectivity index (χ4n) is 1.99. The average molecular weight is 267 g/mol. The van der Waals surface area contributed by atoms with Gasteiger partial charge in [0.25, 0.3) is 0 Å². The second kappa shape index (κ2) is 4.96. The van der Waals surface area contributed by atoms with Gasteiger partial charge >= 0.3 is 0 Å². The summed E-state index contributed by atoms with van der Waals surface area (Å²) >= 11 is 4.13. The van der Waals surface area contributed by atoms with Gasteiger partial charge in [-0.1, -0.05) is 58.4 Å². The summed E-state index contributed by atoms with van der Waals surface area (Å²) in [6.45, 7) is 12.1. The number of rotatable bonds is 5. The topological polar surface area (TPSA) is 0 Å². The molecule has 0 aromatic rings. The molecule has 0 nitrogen and oxygen atoms in total. The van der Waals surface area contributed by atoms with Crippen LogP contribution in [0, 0.1) is 0 Å². The van der Waals surface area contributed by atoms with Crippen molar-refractivity contribution >= 4 is 29.1 Å². The molecule has 74 valence electrons. The summed E-state index contributed by atoms with van der Waals surface area (Å²) in [5, 5.41) is 0. The van der Waals surface area contributed by atoms with E-state index in [4.69, 9.17) is 0 Å². The Bertz CT molecular complexity index is 112. The molecule has 0 aromatic carbocycles. The first-order valence-corrected chi connectivity index (χ1v) is 13.8. The van der Waals surface area contributed by atoms with E-state index in [2.05, 4.69) is 49.5 Å². The van der Waals surface area contributed by atoms with Crippen LogP contribution in [0.2, 0.25) is 30.7 Å². The monoisotopic (exact) mass is 266 g/mol. The van der Waals surface area contributed by atoms with Crippen LogP contribution >= 0.6 is 15.3 Å². The van der Waals surface area contributed by atoms with Gasteiger partial charge in [0, 0.05) is 0 Å². The third-order valence-electron chi connectivity index (χ3n) is 3.76. The van der Waals surface area contributed by atoms with E-state index < -0.39 is 13.8 Å². The summed E-state index contributed by atoms with van der Waals surface area (Å²) < 4.78 is 0. The minimum atomic E-state index is -1.000. The molecule has 0 amide bonds. The molecule has 0 fully saturated rings. The molecule has 0 aliphatic carbocycles. The first-order valence-electron chi connectivity index (χ1n) is 5.18. The standard InChI is InChI=1S/C9H23BrSi2/c1-6-11(5,7-2)12(10,8-3)9-4/h6-9H2,1-5H3. The highest BCUT2D eigenvalue weighted by Gasteiger charge is 2.44. The lowest BCUT2D eigenvalue weighted by molar-refractivity contribution is 1.25. The highest BCUT2D eigenvalue weighted by molar-refractivity contribution is 9.27. The largest absolute Gasteiger partial charge is 0.130 e. The highest BCUT2D eigenvalue weighted by Crippen LogP contribution is 2.37. The van der Waals surface area contributed by atoms with Gasteiger partial charge in [-0.3, -0.25) is 0 Å². The summed E-state index contributed by atoms with van der Waals surface area (Å²) in [5.74, 6) is 0. The molecular formula is C9H23BrSi2. The third-order valence-corrected chi connectivity index (χ3v) is 34.0. The maximum Gasteiger partial charge on any atom is 0.121 e. The van der Waals surface area contributed by atoms with Crippen molar-refractivity contribution in [2.24, 2.45) is 0 Å². The Labute approximate surface area is 87.5 Å². The van der Waals surface area contributed by atoms with E-state index in [0.717, 1.165) is 0 Å². The van der Waals surface area contributed by atoms with Crippen molar-refractivity contribution in [3.63, 3.8) is 0 Å². The summed E-state index contributed by atoms with van der Waals surface area (Å²) in [6.07, 6.45) is -1.000. The molecule has 0 aliphatic heterocycles. The quantitative estimate of drug-likeness (QED) is 0.506. The summed E-state index contributed by atoms with van der Waals surface area (Å²) in [6, 6.07) is 5.77. The molecule has 0 aromatic heterocycles. The highest BCUT2D eigenvalue weighted by atomic mass is 79.9. The maximum absolute atomic E-state index is 4.13. The molecule has 0 radical (unpaired) electrons. The first-order chi connectivity index (χ1) is 5.49. The van der Waals surface area contributed by atoms with Crippen molar-refractivity contribution in [2.75, 3.05) is 0 Å². The Morgan fingerprint density at radius 2 is 1.17 bits per heavy atom. The third kappa shape index (κ3) is 2.23. The van der Waals surface area contributed by atoms with Crippen molar-refractivity contribution in [1.29, 1.82) is 0 Å². The van der Waals surface area contributed by atoms with Crippen LogP contribution in [0.25, 0.3) is 0 Å². The van der Waals surface area contributed by atoms with Crippen LogP contribution in [0.3, 0.4) is 0 Å². The average Bonchev–Trinajstić information content (AvgIpc) is 2.15. The molecule has 3 heteroatoms. The Morgan fingerprint density at radius 1 is 0.833 bits per heavy atom. The van der Waals surface area contributed by atoms with E-state index in [1.165, 1.54) is 24.2 Å². The van der Waals surface area contributed by atoms with Crippen LogP contribution in [0.1, 0.15) is 27.7 Å². The predicted octanol–water partition coefficient (Wildman–Crippen LogP) is 4.56. The van der Waals surface area contributed by atoms with Gasteiger partial charge in [-0.15, -0.1) is 15.3 Å². The molecular weight excluding hydrogens is 244 g/mol. The normalized spacial score (nSPS) is 13.5. The van der Waals surface area contributed by atoms with Crippen LogP contribution in [-0.2, 0) is 0 Å². The smallest absolute Gasteiger partial charge is 0.121 e. The molecule has 0 atom stereocenters. The SMILES string of the molecule is CC[Si](C)(CC)[Si](Br)(CC)CC. The zero-order valence-corrected chi connectivity index (χ0v) is 12.8. The molecule has 0 rings (SSSR count). The fraction of sp³-hybridized carbons (Fsp3) is 1.00. The van der Waals surface area contributed by atoms with E-state index in [1.807, 2.05) is 0 Å². The Morgan fingerprint density at radius 3 is 1.25 bits per heavy atom. The minimum Gasteiger partial charge on any atom is -0.130 e. The van der Waals surface area contributed by atoms with Gasteiger partial charge < -0.3 is 0 Å². The lowest BCUT2D eigenvalue weighted by atomic mass is 10.9. The fourth-order valence-corrected chi connectivity index (χ4v) is 19.9. The molecule has 0 spiro atoms.